The Hall–Kier alpha value is -3.28. The minimum atomic E-state index is -0.800. The highest BCUT2D eigenvalue weighted by Crippen LogP contribution is 2.46. The Bertz CT molecular complexity index is 1220. The zero-order chi connectivity index (χ0) is 23.1. The van der Waals surface area contributed by atoms with Gasteiger partial charge in [0.25, 0.3) is 0 Å². The fourth-order valence-electron chi connectivity index (χ4n) is 4.80. The molecule has 3 aromatic rings. The van der Waals surface area contributed by atoms with Crippen molar-refractivity contribution in [2.24, 2.45) is 5.92 Å². The van der Waals surface area contributed by atoms with Crippen LogP contribution in [0.15, 0.2) is 48.7 Å². The second-order valence-corrected chi connectivity index (χ2v) is 9.10. The van der Waals surface area contributed by atoms with Crippen molar-refractivity contribution in [2.45, 2.75) is 51.0 Å². The molecule has 1 aliphatic carbocycles. The molecule has 1 fully saturated rings. The maximum atomic E-state index is 15.1. The Morgan fingerprint density at radius 3 is 2.67 bits per heavy atom. The van der Waals surface area contributed by atoms with Crippen LogP contribution in [-0.2, 0) is 11.2 Å². The van der Waals surface area contributed by atoms with E-state index in [1.807, 2.05) is 18.2 Å². The molecule has 1 saturated carbocycles. The number of aliphatic carboxylic acids is 1. The normalized spacial score (nSPS) is 18.3. The fraction of sp³-hybridized carbons (Fsp3) is 0.333. The maximum absolute atomic E-state index is 15.1. The lowest BCUT2D eigenvalue weighted by Gasteiger charge is -2.28. The van der Waals surface area contributed by atoms with Crippen LogP contribution in [0.4, 0.5) is 8.78 Å². The van der Waals surface area contributed by atoms with Crippen LogP contribution in [0.2, 0.25) is 0 Å². The lowest BCUT2D eigenvalue weighted by atomic mass is 9.88. The molecular weight excluding hydrogens is 424 g/mol. The first kappa shape index (κ1) is 21.6. The Kier molecular flexibility index (Phi) is 5.60. The third kappa shape index (κ3) is 4.47. The average Bonchev–Trinajstić information content (AvgIpc) is 3.63. The predicted molar refractivity (Wildman–Crippen MR) is 120 cm³/mol. The Labute approximate surface area is 191 Å². The summed E-state index contributed by atoms with van der Waals surface area (Å²) in [7, 11) is 0. The summed E-state index contributed by atoms with van der Waals surface area (Å²) in [5.41, 5.74) is 3.89. The summed E-state index contributed by atoms with van der Waals surface area (Å²) in [5.74, 6) is -0.653. The lowest BCUT2D eigenvalue weighted by Crippen LogP contribution is -2.17. The summed E-state index contributed by atoms with van der Waals surface area (Å²) in [6.45, 7) is 1.76. The standard InChI is InChI=1S/C27H25F2NO3/c1-15-10-22(24(29)14-30-15)18-6-8-20(23(28)11-18)25-9-7-17-4-5-19(12-26(17)33-25)21(13-27(31)32)16-2-3-16/h4-6,8,10-12,14,16,21,25H,2-3,7,9,13H2,1H3,(H,31,32). The first-order valence-corrected chi connectivity index (χ1v) is 11.3. The van der Waals surface area contributed by atoms with E-state index in [-0.39, 0.29) is 12.3 Å². The summed E-state index contributed by atoms with van der Waals surface area (Å²) in [6.07, 6.45) is 4.27. The van der Waals surface area contributed by atoms with E-state index in [9.17, 15) is 14.3 Å². The van der Waals surface area contributed by atoms with E-state index in [1.165, 1.54) is 6.07 Å². The zero-order valence-electron chi connectivity index (χ0n) is 18.4. The molecule has 2 aliphatic rings. The second kappa shape index (κ2) is 8.58. The minimum absolute atomic E-state index is 0.0217. The Morgan fingerprint density at radius 1 is 1.12 bits per heavy atom. The maximum Gasteiger partial charge on any atom is 0.303 e. The van der Waals surface area contributed by atoms with Crippen molar-refractivity contribution in [3.05, 3.63) is 82.7 Å². The SMILES string of the molecule is Cc1cc(-c2ccc(C3CCc4ccc(C(CC(=O)O)C5CC5)cc4O3)c(F)c2)c(F)cn1. The first-order valence-electron chi connectivity index (χ1n) is 11.3. The number of aromatic nitrogens is 1. The van der Waals surface area contributed by atoms with Gasteiger partial charge >= 0.3 is 5.97 Å². The van der Waals surface area contributed by atoms with Crippen LogP contribution in [0.3, 0.4) is 0 Å². The van der Waals surface area contributed by atoms with Crippen molar-refractivity contribution < 1.29 is 23.4 Å². The molecule has 170 valence electrons. The van der Waals surface area contributed by atoms with Gasteiger partial charge in [0, 0.05) is 16.8 Å². The van der Waals surface area contributed by atoms with Gasteiger partial charge in [0.1, 0.15) is 23.5 Å². The van der Waals surface area contributed by atoms with Crippen LogP contribution in [0, 0.1) is 24.5 Å². The second-order valence-electron chi connectivity index (χ2n) is 9.10. The summed E-state index contributed by atoms with van der Waals surface area (Å²) in [4.78, 5) is 15.3. The van der Waals surface area contributed by atoms with Crippen LogP contribution < -0.4 is 4.74 Å². The number of halogens is 2. The van der Waals surface area contributed by atoms with Gasteiger partial charge in [-0.15, -0.1) is 0 Å². The average molecular weight is 449 g/mol. The van der Waals surface area contributed by atoms with Gasteiger partial charge < -0.3 is 9.84 Å². The number of carboxylic acids is 1. The smallest absolute Gasteiger partial charge is 0.303 e. The van der Waals surface area contributed by atoms with E-state index in [1.54, 1.807) is 25.1 Å². The monoisotopic (exact) mass is 449 g/mol. The van der Waals surface area contributed by atoms with E-state index in [2.05, 4.69) is 4.98 Å². The molecule has 2 aromatic carbocycles. The Balaban J connectivity index is 1.40. The molecule has 2 unspecified atom stereocenters. The molecule has 2 heterocycles. The largest absolute Gasteiger partial charge is 0.485 e. The van der Waals surface area contributed by atoms with Gasteiger partial charge in [0.15, 0.2) is 0 Å². The number of ether oxygens (including phenoxy) is 1. The number of carbonyl (C=O) groups is 1. The third-order valence-corrected chi connectivity index (χ3v) is 6.70. The number of aryl methyl sites for hydroxylation is 2. The van der Waals surface area contributed by atoms with Crippen molar-refractivity contribution in [3.8, 4) is 16.9 Å². The molecule has 0 saturated heterocycles. The zero-order valence-corrected chi connectivity index (χ0v) is 18.4. The van der Waals surface area contributed by atoms with Gasteiger partial charge in [-0.05, 0) is 79.3 Å². The molecule has 0 amide bonds. The molecule has 0 spiro atoms. The van der Waals surface area contributed by atoms with Gasteiger partial charge in [-0.3, -0.25) is 9.78 Å². The third-order valence-electron chi connectivity index (χ3n) is 6.70. The molecular formula is C27H25F2NO3. The molecule has 0 bridgehead atoms. The topological polar surface area (TPSA) is 59.4 Å². The number of carboxylic acid groups (broad SMARTS) is 1. The van der Waals surface area contributed by atoms with Gasteiger partial charge in [-0.1, -0.05) is 24.3 Å². The van der Waals surface area contributed by atoms with Crippen LogP contribution >= 0.6 is 0 Å². The molecule has 1 aromatic heterocycles. The van der Waals surface area contributed by atoms with Crippen molar-refractivity contribution >= 4 is 5.97 Å². The summed E-state index contributed by atoms with van der Waals surface area (Å²) in [5, 5.41) is 9.32. The van der Waals surface area contributed by atoms with Crippen LogP contribution in [0.1, 0.15) is 60.1 Å². The molecule has 4 nitrogen and oxygen atoms in total. The van der Waals surface area contributed by atoms with E-state index in [0.29, 0.717) is 40.5 Å². The number of hydrogen-bond donors (Lipinski definition) is 1. The van der Waals surface area contributed by atoms with Crippen LogP contribution in [0.5, 0.6) is 5.75 Å². The number of benzene rings is 2. The highest BCUT2D eigenvalue weighted by molar-refractivity contribution is 5.68. The number of nitrogens with zero attached hydrogens (tertiary/aromatic N) is 1. The van der Waals surface area contributed by atoms with E-state index in [0.717, 1.165) is 36.6 Å². The highest BCUT2D eigenvalue weighted by Gasteiger charge is 2.34. The number of hydrogen-bond acceptors (Lipinski definition) is 3. The van der Waals surface area contributed by atoms with Crippen molar-refractivity contribution in [3.63, 3.8) is 0 Å². The molecule has 1 N–H and O–H groups in total. The molecule has 1 aliphatic heterocycles. The van der Waals surface area contributed by atoms with E-state index in [4.69, 9.17) is 4.74 Å². The lowest BCUT2D eigenvalue weighted by molar-refractivity contribution is -0.137. The molecule has 6 heteroatoms. The van der Waals surface area contributed by atoms with Gasteiger partial charge in [-0.25, -0.2) is 8.78 Å². The number of rotatable bonds is 6. The minimum Gasteiger partial charge on any atom is -0.485 e. The molecule has 0 radical (unpaired) electrons. The summed E-state index contributed by atoms with van der Waals surface area (Å²) >= 11 is 0. The van der Waals surface area contributed by atoms with Gasteiger partial charge in [0.05, 0.1) is 12.6 Å². The predicted octanol–water partition coefficient (Wildman–Crippen LogP) is 6.37. The molecule has 5 rings (SSSR count). The quantitative estimate of drug-likeness (QED) is 0.475. The van der Waals surface area contributed by atoms with E-state index < -0.39 is 23.7 Å². The van der Waals surface area contributed by atoms with E-state index >= 15 is 4.39 Å². The molecule has 33 heavy (non-hydrogen) atoms. The van der Waals surface area contributed by atoms with Crippen LogP contribution in [0.25, 0.3) is 11.1 Å². The molecule has 2 atom stereocenters. The van der Waals surface area contributed by atoms with Gasteiger partial charge in [0.2, 0.25) is 0 Å². The summed E-state index contributed by atoms with van der Waals surface area (Å²) in [6, 6.07) is 12.3. The Morgan fingerprint density at radius 2 is 1.94 bits per heavy atom. The number of fused-ring (bicyclic) bond motifs is 1. The number of pyridine rings is 1. The van der Waals surface area contributed by atoms with Gasteiger partial charge in [-0.2, -0.15) is 0 Å². The van der Waals surface area contributed by atoms with Crippen molar-refractivity contribution in [1.29, 1.82) is 0 Å². The van der Waals surface area contributed by atoms with Crippen molar-refractivity contribution in [2.75, 3.05) is 0 Å². The highest BCUT2D eigenvalue weighted by atomic mass is 19.1. The summed E-state index contributed by atoms with van der Waals surface area (Å²) < 4.78 is 35.5. The van der Waals surface area contributed by atoms with Crippen LogP contribution in [-0.4, -0.2) is 16.1 Å². The first-order chi connectivity index (χ1) is 15.9. The van der Waals surface area contributed by atoms with Crippen molar-refractivity contribution in [1.82, 2.24) is 4.98 Å². The fourth-order valence-corrected chi connectivity index (χ4v) is 4.80.